The first kappa shape index (κ1) is 13.4. The minimum atomic E-state index is -0.803. The summed E-state index contributed by atoms with van der Waals surface area (Å²) < 4.78 is 3.23. The van der Waals surface area contributed by atoms with Gasteiger partial charge in [-0.25, -0.2) is 0 Å². The van der Waals surface area contributed by atoms with Crippen LogP contribution in [-0.2, 0) is 5.60 Å². The van der Waals surface area contributed by atoms with Gasteiger partial charge in [0.15, 0.2) is 0 Å². The second-order valence-corrected chi connectivity index (χ2v) is 6.41. The zero-order chi connectivity index (χ0) is 14.3. The lowest BCUT2D eigenvalue weighted by Gasteiger charge is -2.18. The molecule has 0 aliphatic heterocycles. The van der Waals surface area contributed by atoms with Crippen LogP contribution in [0.4, 0.5) is 0 Å². The van der Waals surface area contributed by atoms with Crippen LogP contribution in [0.5, 0.6) is 0 Å². The molecule has 102 valence electrons. The number of rotatable bonds is 2. The van der Waals surface area contributed by atoms with Gasteiger partial charge in [0.25, 0.3) is 0 Å². The molecule has 1 heterocycles. The Kier molecular flexibility index (Phi) is 3.19. The summed E-state index contributed by atoms with van der Waals surface area (Å²) in [5.74, 6) is 0. The molecule has 0 radical (unpaired) electrons. The number of hydrogen-bond donors (Lipinski definition) is 1. The number of aliphatic hydroxyl groups is 1. The second kappa shape index (κ2) is 4.76. The Hall–Kier alpha value is -1.58. The van der Waals surface area contributed by atoms with Gasteiger partial charge >= 0.3 is 0 Å². The van der Waals surface area contributed by atoms with Crippen molar-refractivity contribution in [3.63, 3.8) is 0 Å². The Labute approximate surface area is 126 Å². The monoisotopic (exact) mass is 329 g/mol. The molecule has 0 bridgehead atoms. The highest BCUT2D eigenvalue weighted by molar-refractivity contribution is 9.10. The fourth-order valence-corrected chi connectivity index (χ4v) is 2.75. The van der Waals surface area contributed by atoms with E-state index in [1.165, 1.54) is 10.9 Å². The van der Waals surface area contributed by atoms with E-state index in [9.17, 15) is 5.11 Å². The third-order valence-corrected chi connectivity index (χ3v) is 4.00. The van der Waals surface area contributed by atoms with Crippen molar-refractivity contribution in [2.75, 3.05) is 0 Å². The van der Waals surface area contributed by atoms with Crippen LogP contribution in [0.3, 0.4) is 0 Å². The zero-order valence-electron chi connectivity index (χ0n) is 11.5. The van der Waals surface area contributed by atoms with Crippen LogP contribution >= 0.6 is 15.9 Å². The fourth-order valence-electron chi connectivity index (χ4n) is 2.37. The van der Waals surface area contributed by atoms with Gasteiger partial charge in [0, 0.05) is 21.7 Å². The maximum absolute atomic E-state index is 10.0. The number of fused-ring (bicyclic) bond motifs is 1. The maximum atomic E-state index is 10.0. The summed E-state index contributed by atoms with van der Waals surface area (Å²) in [4.78, 5) is 0. The standard InChI is InChI=1S/C17H16BrNO/c1-17(2,20)13-3-6-15(7-4-13)19-10-9-12-11-14(18)5-8-16(12)19/h3-11,20H,1-2H3. The lowest BCUT2D eigenvalue weighted by atomic mass is 9.98. The smallest absolute Gasteiger partial charge is 0.0840 e. The molecule has 2 nitrogen and oxygen atoms in total. The predicted octanol–water partition coefficient (Wildman–Crippen LogP) is 4.62. The molecule has 0 saturated heterocycles. The lowest BCUT2D eigenvalue weighted by Crippen LogP contribution is -2.15. The van der Waals surface area contributed by atoms with Gasteiger partial charge in [0.2, 0.25) is 0 Å². The van der Waals surface area contributed by atoms with Gasteiger partial charge in [0.05, 0.1) is 11.1 Å². The summed E-state index contributed by atoms with van der Waals surface area (Å²) in [6.45, 7) is 3.59. The first-order chi connectivity index (χ1) is 9.45. The van der Waals surface area contributed by atoms with Crippen molar-refractivity contribution in [2.24, 2.45) is 0 Å². The molecular weight excluding hydrogens is 314 g/mol. The molecule has 0 saturated carbocycles. The molecule has 3 heteroatoms. The molecule has 0 aliphatic carbocycles. The van der Waals surface area contributed by atoms with E-state index in [2.05, 4.69) is 44.9 Å². The molecule has 3 rings (SSSR count). The Morgan fingerprint density at radius 3 is 2.35 bits per heavy atom. The van der Waals surface area contributed by atoms with Gasteiger partial charge < -0.3 is 9.67 Å². The molecule has 1 N–H and O–H groups in total. The Bertz CT molecular complexity index is 751. The molecule has 1 aromatic heterocycles. The number of benzene rings is 2. The van der Waals surface area contributed by atoms with Crippen molar-refractivity contribution >= 4 is 26.8 Å². The Balaban J connectivity index is 2.07. The minimum Gasteiger partial charge on any atom is -0.386 e. The predicted molar refractivity (Wildman–Crippen MR) is 86.2 cm³/mol. The van der Waals surface area contributed by atoms with E-state index < -0.39 is 5.60 Å². The third kappa shape index (κ3) is 2.39. The number of hydrogen-bond acceptors (Lipinski definition) is 1. The van der Waals surface area contributed by atoms with E-state index in [1.54, 1.807) is 13.8 Å². The van der Waals surface area contributed by atoms with Gasteiger partial charge in [-0.2, -0.15) is 0 Å². The van der Waals surface area contributed by atoms with Crippen molar-refractivity contribution in [1.82, 2.24) is 4.57 Å². The van der Waals surface area contributed by atoms with Crippen molar-refractivity contribution < 1.29 is 5.11 Å². The number of nitrogens with zero attached hydrogens (tertiary/aromatic N) is 1. The molecule has 2 aromatic carbocycles. The molecule has 0 unspecified atom stereocenters. The zero-order valence-corrected chi connectivity index (χ0v) is 13.1. The summed E-state index contributed by atoms with van der Waals surface area (Å²) in [5, 5.41) is 11.2. The van der Waals surface area contributed by atoms with Gasteiger partial charge in [-0.3, -0.25) is 0 Å². The quantitative estimate of drug-likeness (QED) is 0.729. The number of halogens is 1. The van der Waals surface area contributed by atoms with Gasteiger partial charge in [-0.05, 0) is 55.8 Å². The summed E-state index contributed by atoms with van der Waals surface area (Å²) in [5.41, 5.74) is 2.38. The minimum absolute atomic E-state index is 0.803. The number of aromatic nitrogens is 1. The van der Waals surface area contributed by atoms with E-state index >= 15 is 0 Å². The van der Waals surface area contributed by atoms with Gasteiger partial charge in [-0.15, -0.1) is 0 Å². The van der Waals surface area contributed by atoms with Crippen molar-refractivity contribution in [3.8, 4) is 5.69 Å². The van der Waals surface area contributed by atoms with Crippen LogP contribution in [0.1, 0.15) is 19.4 Å². The third-order valence-electron chi connectivity index (χ3n) is 3.50. The lowest BCUT2D eigenvalue weighted by molar-refractivity contribution is 0.0786. The topological polar surface area (TPSA) is 25.2 Å². The summed E-state index contributed by atoms with van der Waals surface area (Å²) in [7, 11) is 0. The van der Waals surface area contributed by atoms with Crippen molar-refractivity contribution in [3.05, 3.63) is 64.8 Å². The molecule has 3 aromatic rings. The molecule has 20 heavy (non-hydrogen) atoms. The Morgan fingerprint density at radius 2 is 1.70 bits per heavy atom. The highest BCUT2D eigenvalue weighted by atomic mass is 79.9. The average Bonchev–Trinajstić information content (AvgIpc) is 2.80. The first-order valence-electron chi connectivity index (χ1n) is 6.55. The van der Waals surface area contributed by atoms with Crippen LogP contribution in [-0.4, -0.2) is 9.67 Å². The molecule has 0 spiro atoms. The average molecular weight is 330 g/mol. The summed E-state index contributed by atoms with van der Waals surface area (Å²) in [6.07, 6.45) is 2.07. The summed E-state index contributed by atoms with van der Waals surface area (Å²) in [6, 6.07) is 16.4. The fraction of sp³-hybridized carbons (Fsp3) is 0.176. The van der Waals surface area contributed by atoms with Crippen molar-refractivity contribution in [1.29, 1.82) is 0 Å². The van der Waals surface area contributed by atoms with Crippen LogP contribution in [0.2, 0.25) is 0 Å². The van der Waals surface area contributed by atoms with Crippen molar-refractivity contribution in [2.45, 2.75) is 19.4 Å². The molecular formula is C17H16BrNO. The maximum Gasteiger partial charge on any atom is 0.0840 e. The van der Waals surface area contributed by atoms with Gasteiger partial charge in [0.1, 0.15) is 0 Å². The van der Waals surface area contributed by atoms with E-state index in [0.717, 1.165) is 15.7 Å². The Morgan fingerprint density at radius 1 is 1.00 bits per heavy atom. The van der Waals surface area contributed by atoms with Crippen LogP contribution in [0, 0.1) is 0 Å². The van der Waals surface area contributed by atoms with E-state index in [1.807, 2.05) is 30.3 Å². The SMILES string of the molecule is CC(C)(O)c1ccc(-n2ccc3cc(Br)ccc32)cc1. The second-order valence-electron chi connectivity index (χ2n) is 5.49. The van der Waals surface area contributed by atoms with E-state index in [-0.39, 0.29) is 0 Å². The first-order valence-corrected chi connectivity index (χ1v) is 7.34. The van der Waals surface area contributed by atoms with Gasteiger partial charge in [-0.1, -0.05) is 28.1 Å². The van der Waals surface area contributed by atoms with E-state index in [4.69, 9.17) is 0 Å². The van der Waals surface area contributed by atoms with Crippen LogP contribution in [0.15, 0.2) is 59.2 Å². The van der Waals surface area contributed by atoms with Crippen LogP contribution in [0.25, 0.3) is 16.6 Å². The highest BCUT2D eigenvalue weighted by Gasteiger charge is 2.15. The van der Waals surface area contributed by atoms with E-state index in [0.29, 0.717) is 0 Å². The highest BCUT2D eigenvalue weighted by Crippen LogP contribution is 2.25. The molecule has 0 amide bonds. The van der Waals surface area contributed by atoms with Crippen LogP contribution < -0.4 is 0 Å². The molecule has 0 aliphatic rings. The normalized spacial score (nSPS) is 12.0. The molecule has 0 atom stereocenters. The summed E-state index contributed by atoms with van der Waals surface area (Å²) >= 11 is 3.49. The largest absolute Gasteiger partial charge is 0.386 e. The molecule has 0 fully saturated rings.